The molecule has 1 aromatic heterocycles. The third-order valence-electron chi connectivity index (χ3n) is 11.1. The molecule has 0 saturated heterocycles. The zero-order chi connectivity index (χ0) is 35.3. The first-order chi connectivity index (χ1) is 26.2. The van der Waals surface area contributed by atoms with Crippen molar-refractivity contribution in [3.8, 4) is 50.8 Å². The molecule has 2 aliphatic carbocycles. The van der Waals surface area contributed by atoms with Crippen LogP contribution in [0.15, 0.2) is 164 Å². The highest BCUT2D eigenvalue weighted by molar-refractivity contribution is 5.83. The lowest BCUT2D eigenvalue weighted by atomic mass is 9.82. The van der Waals surface area contributed by atoms with E-state index >= 15 is 0 Å². The molecule has 3 aliphatic rings. The number of fused-ring (bicyclic) bond motifs is 6. The van der Waals surface area contributed by atoms with Gasteiger partial charge in [0.25, 0.3) is 0 Å². The van der Waals surface area contributed by atoms with E-state index in [9.17, 15) is 0 Å². The lowest BCUT2D eigenvalue weighted by Crippen LogP contribution is -2.11. The molecule has 0 N–H and O–H groups in total. The van der Waals surface area contributed by atoms with Gasteiger partial charge in [0, 0.05) is 28.2 Å². The van der Waals surface area contributed by atoms with Gasteiger partial charge in [0.2, 0.25) is 0 Å². The molecule has 2 heterocycles. The van der Waals surface area contributed by atoms with Crippen molar-refractivity contribution in [3.63, 3.8) is 0 Å². The maximum absolute atomic E-state index is 6.63. The Morgan fingerprint density at radius 2 is 1.21 bits per heavy atom. The number of aromatic nitrogens is 3. The van der Waals surface area contributed by atoms with Crippen molar-refractivity contribution in [1.29, 1.82) is 0 Å². The van der Waals surface area contributed by atoms with Gasteiger partial charge in [-0.05, 0) is 95.0 Å². The third kappa shape index (κ3) is 5.59. The van der Waals surface area contributed by atoms with Crippen molar-refractivity contribution in [2.75, 3.05) is 0 Å². The fraction of sp³-hybridized carbons (Fsp3) is 0.122. The monoisotopic (exact) mass is 683 g/mol. The number of hydrogen-bond acceptors (Lipinski definition) is 4. The number of allylic oxidation sites excluding steroid dienone is 3. The molecule has 10 rings (SSSR count). The van der Waals surface area contributed by atoms with Crippen LogP contribution in [0.5, 0.6) is 5.75 Å². The Morgan fingerprint density at radius 1 is 0.547 bits per heavy atom. The van der Waals surface area contributed by atoms with Gasteiger partial charge in [-0.3, -0.25) is 0 Å². The SMILES string of the molecule is Cc1cc2c(cc1-c1ccc3c(c1)-c1ccccc1CCC3c1ccccc1)C1C(=CCC=C1c1nc(-c3ccccc3)nc(-c3ccccc3)n1)O2. The summed E-state index contributed by atoms with van der Waals surface area (Å²) in [4.78, 5) is 15.2. The molecular formula is C49H37N3O. The minimum Gasteiger partial charge on any atom is -0.461 e. The lowest BCUT2D eigenvalue weighted by molar-refractivity contribution is 0.436. The van der Waals surface area contributed by atoms with Crippen LogP contribution in [0.4, 0.5) is 0 Å². The zero-order valence-electron chi connectivity index (χ0n) is 29.5. The number of aryl methyl sites for hydroxylation is 2. The molecular weight excluding hydrogens is 647 g/mol. The van der Waals surface area contributed by atoms with Crippen molar-refractivity contribution >= 4 is 5.57 Å². The minimum absolute atomic E-state index is 0.114. The van der Waals surface area contributed by atoms with Crippen molar-refractivity contribution < 1.29 is 4.74 Å². The van der Waals surface area contributed by atoms with Gasteiger partial charge in [0.15, 0.2) is 17.5 Å². The molecule has 0 radical (unpaired) electrons. The van der Waals surface area contributed by atoms with Gasteiger partial charge in [-0.2, -0.15) is 0 Å². The van der Waals surface area contributed by atoms with Gasteiger partial charge >= 0.3 is 0 Å². The number of ether oxygens (including phenoxy) is 1. The predicted molar refractivity (Wildman–Crippen MR) is 213 cm³/mol. The second kappa shape index (κ2) is 13.0. The van der Waals surface area contributed by atoms with Crippen LogP contribution in [0.25, 0.3) is 50.6 Å². The Balaban J connectivity index is 1.09. The molecule has 0 fully saturated rings. The first-order valence-corrected chi connectivity index (χ1v) is 18.6. The highest BCUT2D eigenvalue weighted by atomic mass is 16.5. The molecule has 2 unspecified atom stereocenters. The summed E-state index contributed by atoms with van der Waals surface area (Å²) in [6.45, 7) is 2.20. The van der Waals surface area contributed by atoms with E-state index in [2.05, 4.69) is 128 Å². The van der Waals surface area contributed by atoms with Crippen LogP contribution in [-0.4, -0.2) is 15.0 Å². The van der Waals surface area contributed by atoms with Crippen LogP contribution in [0, 0.1) is 6.92 Å². The molecule has 2 atom stereocenters. The lowest BCUT2D eigenvalue weighted by Gasteiger charge is -2.21. The molecule has 0 amide bonds. The number of benzene rings is 6. The largest absolute Gasteiger partial charge is 0.461 e. The molecule has 254 valence electrons. The average Bonchev–Trinajstić information content (AvgIpc) is 3.50. The summed E-state index contributed by atoms with van der Waals surface area (Å²) in [7, 11) is 0. The first kappa shape index (κ1) is 31.4. The zero-order valence-corrected chi connectivity index (χ0v) is 29.5. The molecule has 0 saturated carbocycles. The van der Waals surface area contributed by atoms with Crippen molar-refractivity contribution in [2.45, 2.75) is 38.0 Å². The van der Waals surface area contributed by atoms with E-state index in [1.807, 2.05) is 36.4 Å². The van der Waals surface area contributed by atoms with Crippen LogP contribution in [0.1, 0.15) is 58.3 Å². The summed E-state index contributed by atoms with van der Waals surface area (Å²) in [5.74, 6) is 4.08. The molecule has 0 bridgehead atoms. The van der Waals surface area contributed by atoms with E-state index in [4.69, 9.17) is 19.7 Å². The van der Waals surface area contributed by atoms with E-state index in [0.29, 0.717) is 23.4 Å². The molecule has 4 heteroatoms. The van der Waals surface area contributed by atoms with Crippen molar-refractivity contribution in [1.82, 2.24) is 15.0 Å². The van der Waals surface area contributed by atoms with Gasteiger partial charge in [0.05, 0.1) is 5.92 Å². The second-order valence-corrected chi connectivity index (χ2v) is 14.2. The van der Waals surface area contributed by atoms with Gasteiger partial charge in [-0.25, -0.2) is 15.0 Å². The average molecular weight is 684 g/mol. The number of rotatable bonds is 5. The topological polar surface area (TPSA) is 47.9 Å². The Hall–Kier alpha value is -6.39. The molecule has 7 aromatic rings. The first-order valence-electron chi connectivity index (χ1n) is 18.6. The van der Waals surface area contributed by atoms with E-state index in [1.54, 1.807) is 0 Å². The van der Waals surface area contributed by atoms with E-state index in [1.165, 1.54) is 44.5 Å². The molecule has 4 nitrogen and oxygen atoms in total. The smallest absolute Gasteiger partial charge is 0.164 e. The van der Waals surface area contributed by atoms with Gasteiger partial charge in [-0.1, -0.05) is 133 Å². The maximum Gasteiger partial charge on any atom is 0.164 e. The second-order valence-electron chi connectivity index (χ2n) is 14.2. The maximum atomic E-state index is 6.63. The van der Waals surface area contributed by atoms with Crippen LogP contribution >= 0.6 is 0 Å². The Morgan fingerprint density at radius 3 is 1.94 bits per heavy atom. The van der Waals surface area contributed by atoms with Crippen LogP contribution in [-0.2, 0) is 6.42 Å². The molecule has 6 aromatic carbocycles. The standard InChI is InChI=1S/C49H37N3O/c1-31-28-45-43(30-41(31)36-25-27-39-38(32-14-5-2-6-15-32)26-24-33-16-11-12-21-37(33)42(39)29-36)46-40(22-13-23-44(46)53-45)49-51-47(34-17-7-3-8-18-34)50-48(52-49)35-19-9-4-10-20-35/h2-12,14-23,25,27-30,38,46H,13,24,26H2,1H3. The fourth-order valence-corrected chi connectivity index (χ4v) is 8.47. The van der Waals surface area contributed by atoms with Crippen LogP contribution < -0.4 is 4.74 Å². The normalized spacial score (nSPS) is 16.9. The fourth-order valence-electron chi connectivity index (χ4n) is 8.47. The summed E-state index contributed by atoms with van der Waals surface area (Å²) in [6, 6.07) is 52.0. The summed E-state index contributed by atoms with van der Waals surface area (Å²) in [5, 5.41) is 0. The minimum atomic E-state index is -0.114. The third-order valence-corrected chi connectivity index (χ3v) is 11.1. The summed E-state index contributed by atoms with van der Waals surface area (Å²) in [6.07, 6.45) is 7.35. The number of hydrogen-bond donors (Lipinski definition) is 0. The highest BCUT2D eigenvalue weighted by Gasteiger charge is 2.37. The van der Waals surface area contributed by atoms with Crippen molar-refractivity contribution in [2.24, 2.45) is 0 Å². The summed E-state index contributed by atoms with van der Waals surface area (Å²) >= 11 is 0. The Labute approximate surface area is 310 Å². The van der Waals surface area contributed by atoms with Crippen LogP contribution in [0.3, 0.4) is 0 Å². The predicted octanol–water partition coefficient (Wildman–Crippen LogP) is 11.8. The summed E-state index contributed by atoms with van der Waals surface area (Å²) < 4.78 is 6.63. The molecule has 1 aliphatic heterocycles. The van der Waals surface area contributed by atoms with Gasteiger partial charge in [0.1, 0.15) is 11.5 Å². The molecule has 0 spiro atoms. The van der Waals surface area contributed by atoms with Gasteiger partial charge in [-0.15, -0.1) is 0 Å². The van der Waals surface area contributed by atoms with Crippen LogP contribution in [0.2, 0.25) is 0 Å². The number of nitrogens with zero attached hydrogens (tertiary/aromatic N) is 3. The highest BCUT2D eigenvalue weighted by Crippen LogP contribution is 2.52. The van der Waals surface area contributed by atoms with E-state index in [0.717, 1.165) is 53.0 Å². The van der Waals surface area contributed by atoms with E-state index in [-0.39, 0.29) is 5.92 Å². The Bertz CT molecular complexity index is 2520. The van der Waals surface area contributed by atoms with Crippen molar-refractivity contribution in [3.05, 3.63) is 197 Å². The summed E-state index contributed by atoms with van der Waals surface area (Å²) in [5.41, 5.74) is 14.6. The quantitative estimate of drug-likeness (QED) is 0.181. The molecule has 53 heavy (non-hydrogen) atoms. The Kier molecular flexibility index (Phi) is 7.68. The van der Waals surface area contributed by atoms with Gasteiger partial charge < -0.3 is 4.74 Å². The van der Waals surface area contributed by atoms with E-state index < -0.39 is 0 Å².